The normalized spacial score (nSPS) is 11.5. The minimum Gasteiger partial charge on any atom is -0.497 e. The lowest BCUT2D eigenvalue weighted by molar-refractivity contribution is -0.117. The molecule has 0 saturated carbocycles. The third-order valence-corrected chi connectivity index (χ3v) is 4.41. The highest BCUT2D eigenvalue weighted by atomic mass is 16.5. The van der Waals surface area contributed by atoms with Gasteiger partial charge in [-0.05, 0) is 41.8 Å². The van der Waals surface area contributed by atoms with Gasteiger partial charge in [0.05, 0.1) is 7.11 Å². The zero-order chi connectivity index (χ0) is 19.1. The minimum absolute atomic E-state index is 0.131. The van der Waals surface area contributed by atoms with Gasteiger partial charge in [0.1, 0.15) is 11.8 Å². The van der Waals surface area contributed by atoms with Gasteiger partial charge in [-0.3, -0.25) is 4.79 Å². The van der Waals surface area contributed by atoms with E-state index in [0.29, 0.717) is 11.4 Å². The van der Waals surface area contributed by atoms with Crippen LogP contribution in [0.25, 0.3) is 0 Å². The SMILES string of the molecule is CCc1ccc(N[C@@H](C(=O)Nc2cccc(OC)c2)c2ccccc2)cc1. The van der Waals surface area contributed by atoms with Gasteiger partial charge in [-0.1, -0.05) is 55.5 Å². The summed E-state index contributed by atoms with van der Waals surface area (Å²) in [5, 5.41) is 6.33. The molecule has 3 aromatic rings. The second kappa shape index (κ2) is 8.90. The number of hydrogen-bond acceptors (Lipinski definition) is 3. The molecule has 0 radical (unpaired) electrons. The van der Waals surface area contributed by atoms with Crippen molar-refractivity contribution < 1.29 is 9.53 Å². The first-order valence-electron chi connectivity index (χ1n) is 9.05. The van der Waals surface area contributed by atoms with E-state index in [0.717, 1.165) is 17.7 Å². The fraction of sp³-hybridized carbons (Fsp3) is 0.174. The van der Waals surface area contributed by atoms with Crippen LogP contribution in [0.3, 0.4) is 0 Å². The fourth-order valence-corrected chi connectivity index (χ4v) is 2.86. The van der Waals surface area contributed by atoms with E-state index in [9.17, 15) is 4.79 Å². The molecule has 0 aliphatic rings. The third-order valence-electron chi connectivity index (χ3n) is 4.41. The molecule has 0 spiro atoms. The van der Waals surface area contributed by atoms with Gasteiger partial charge in [0.25, 0.3) is 5.91 Å². The van der Waals surface area contributed by atoms with E-state index in [4.69, 9.17) is 4.74 Å². The first kappa shape index (κ1) is 18.5. The van der Waals surface area contributed by atoms with E-state index in [1.807, 2.05) is 60.7 Å². The summed E-state index contributed by atoms with van der Waals surface area (Å²) in [6.07, 6.45) is 0.985. The van der Waals surface area contributed by atoms with Gasteiger partial charge in [0.15, 0.2) is 0 Å². The summed E-state index contributed by atoms with van der Waals surface area (Å²) >= 11 is 0. The van der Waals surface area contributed by atoms with E-state index in [1.54, 1.807) is 13.2 Å². The van der Waals surface area contributed by atoms with Crippen LogP contribution < -0.4 is 15.4 Å². The largest absolute Gasteiger partial charge is 0.497 e. The first-order valence-corrected chi connectivity index (χ1v) is 9.05. The Kier molecular flexibility index (Phi) is 6.10. The first-order chi connectivity index (χ1) is 13.2. The Bertz CT molecular complexity index is 876. The van der Waals surface area contributed by atoms with E-state index < -0.39 is 6.04 Å². The van der Waals surface area contributed by atoms with Gasteiger partial charge in [0.2, 0.25) is 0 Å². The molecule has 0 aliphatic heterocycles. The number of carbonyl (C=O) groups excluding carboxylic acids is 1. The molecule has 2 N–H and O–H groups in total. The molecule has 0 unspecified atom stereocenters. The Balaban J connectivity index is 1.83. The highest BCUT2D eigenvalue weighted by molar-refractivity contribution is 5.97. The van der Waals surface area contributed by atoms with Crippen LogP contribution in [0.1, 0.15) is 24.1 Å². The van der Waals surface area contributed by atoms with Gasteiger partial charge in [-0.2, -0.15) is 0 Å². The molecule has 0 saturated heterocycles. The summed E-state index contributed by atoms with van der Waals surface area (Å²) in [6.45, 7) is 2.12. The van der Waals surface area contributed by atoms with Gasteiger partial charge < -0.3 is 15.4 Å². The van der Waals surface area contributed by atoms with Gasteiger partial charge in [-0.25, -0.2) is 0 Å². The zero-order valence-corrected chi connectivity index (χ0v) is 15.6. The van der Waals surface area contributed by atoms with Crippen LogP contribution in [0.4, 0.5) is 11.4 Å². The van der Waals surface area contributed by atoms with Crippen LogP contribution in [-0.2, 0) is 11.2 Å². The summed E-state index contributed by atoms with van der Waals surface area (Å²) in [5.74, 6) is 0.571. The number of methoxy groups -OCH3 is 1. The standard InChI is InChI=1S/C23H24N2O2/c1-3-17-12-14-19(15-13-17)24-22(18-8-5-4-6-9-18)23(26)25-20-10-7-11-21(16-20)27-2/h4-16,22,24H,3H2,1-2H3,(H,25,26)/t22-/m1/s1. The lowest BCUT2D eigenvalue weighted by atomic mass is 10.0. The molecular formula is C23H24N2O2. The molecule has 0 fully saturated rings. The number of amides is 1. The number of rotatable bonds is 7. The molecule has 4 heteroatoms. The summed E-state index contributed by atoms with van der Waals surface area (Å²) in [5.41, 5.74) is 3.76. The van der Waals surface area contributed by atoms with Crippen molar-refractivity contribution in [2.45, 2.75) is 19.4 Å². The lowest BCUT2D eigenvalue weighted by Gasteiger charge is -2.20. The van der Waals surface area contributed by atoms with Crippen LogP contribution in [0.2, 0.25) is 0 Å². The van der Waals surface area contributed by atoms with Crippen LogP contribution in [0, 0.1) is 0 Å². The Morgan fingerprint density at radius 2 is 1.67 bits per heavy atom. The summed E-state index contributed by atoms with van der Waals surface area (Å²) < 4.78 is 5.23. The number of benzene rings is 3. The maximum absolute atomic E-state index is 13.0. The van der Waals surface area contributed by atoms with Crippen molar-refractivity contribution in [3.8, 4) is 5.75 Å². The Morgan fingerprint density at radius 3 is 2.33 bits per heavy atom. The molecule has 27 heavy (non-hydrogen) atoms. The number of ether oxygens (including phenoxy) is 1. The molecule has 0 aromatic heterocycles. The Hall–Kier alpha value is -3.27. The number of aryl methyl sites for hydroxylation is 1. The number of hydrogen-bond donors (Lipinski definition) is 2. The maximum Gasteiger partial charge on any atom is 0.251 e. The smallest absolute Gasteiger partial charge is 0.251 e. The molecule has 3 rings (SSSR count). The second-order valence-corrected chi connectivity index (χ2v) is 6.26. The predicted molar refractivity (Wildman–Crippen MR) is 110 cm³/mol. The number of anilines is 2. The number of nitrogens with one attached hydrogen (secondary N) is 2. The Labute approximate surface area is 160 Å². The molecule has 3 aromatic carbocycles. The quantitative estimate of drug-likeness (QED) is 0.620. The minimum atomic E-state index is -0.509. The lowest BCUT2D eigenvalue weighted by Crippen LogP contribution is -2.27. The van der Waals surface area contributed by atoms with Crippen LogP contribution in [0.15, 0.2) is 78.9 Å². The average molecular weight is 360 g/mol. The van der Waals surface area contributed by atoms with Crippen molar-refractivity contribution in [1.29, 1.82) is 0 Å². The van der Waals surface area contributed by atoms with Crippen LogP contribution >= 0.6 is 0 Å². The molecule has 4 nitrogen and oxygen atoms in total. The zero-order valence-electron chi connectivity index (χ0n) is 15.6. The van der Waals surface area contributed by atoms with Crippen LogP contribution in [0.5, 0.6) is 5.75 Å². The van der Waals surface area contributed by atoms with Crippen molar-refractivity contribution in [1.82, 2.24) is 0 Å². The van der Waals surface area contributed by atoms with E-state index >= 15 is 0 Å². The van der Waals surface area contributed by atoms with E-state index in [1.165, 1.54) is 5.56 Å². The summed E-state index contributed by atoms with van der Waals surface area (Å²) in [4.78, 5) is 13.0. The summed E-state index contributed by atoms with van der Waals surface area (Å²) in [6, 6.07) is 24.7. The molecule has 1 amide bonds. The molecule has 138 valence electrons. The average Bonchev–Trinajstić information content (AvgIpc) is 2.73. The maximum atomic E-state index is 13.0. The molecular weight excluding hydrogens is 336 g/mol. The van der Waals surface area contributed by atoms with Gasteiger partial charge >= 0.3 is 0 Å². The van der Waals surface area contributed by atoms with Crippen molar-refractivity contribution in [2.24, 2.45) is 0 Å². The molecule has 0 bridgehead atoms. The third kappa shape index (κ3) is 4.88. The van der Waals surface area contributed by atoms with Crippen molar-refractivity contribution in [2.75, 3.05) is 17.7 Å². The monoisotopic (exact) mass is 360 g/mol. The molecule has 0 heterocycles. The fourth-order valence-electron chi connectivity index (χ4n) is 2.86. The van der Waals surface area contributed by atoms with Crippen molar-refractivity contribution in [3.63, 3.8) is 0 Å². The topological polar surface area (TPSA) is 50.4 Å². The van der Waals surface area contributed by atoms with Crippen molar-refractivity contribution >= 4 is 17.3 Å². The van der Waals surface area contributed by atoms with Crippen molar-refractivity contribution in [3.05, 3.63) is 90.0 Å². The highest BCUT2D eigenvalue weighted by Gasteiger charge is 2.20. The highest BCUT2D eigenvalue weighted by Crippen LogP contribution is 2.23. The van der Waals surface area contributed by atoms with E-state index in [-0.39, 0.29) is 5.91 Å². The molecule has 1 atom stereocenters. The van der Waals surface area contributed by atoms with Crippen LogP contribution in [-0.4, -0.2) is 13.0 Å². The Morgan fingerprint density at radius 1 is 0.926 bits per heavy atom. The summed E-state index contributed by atoms with van der Waals surface area (Å²) in [7, 11) is 1.61. The number of carbonyl (C=O) groups is 1. The van der Waals surface area contributed by atoms with Gasteiger partial charge in [-0.15, -0.1) is 0 Å². The van der Waals surface area contributed by atoms with E-state index in [2.05, 4.69) is 29.7 Å². The van der Waals surface area contributed by atoms with Gasteiger partial charge in [0, 0.05) is 17.4 Å². The predicted octanol–water partition coefficient (Wildman–Crippen LogP) is 5.05. The second-order valence-electron chi connectivity index (χ2n) is 6.26. The molecule has 0 aliphatic carbocycles.